The largest absolute Gasteiger partial charge is 0.350 e. The minimum Gasteiger partial charge on any atom is -0.350 e. The highest BCUT2D eigenvalue weighted by molar-refractivity contribution is 5.97. The van der Waals surface area contributed by atoms with Gasteiger partial charge < -0.3 is 10.2 Å². The zero-order valence-electron chi connectivity index (χ0n) is 15.8. The third-order valence-electron chi connectivity index (χ3n) is 4.95. The summed E-state index contributed by atoms with van der Waals surface area (Å²) in [5, 5.41) is 3.86. The molecule has 142 valence electrons. The van der Waals surface area contributed by atoms with E-state index >= 15 is 0 Å². The molecule has 1 fully saturated rings. The summed E-state index contributed by atoms with van der Waals surface area (Å²) in [5.41, 5.74) is 3.16. The summed E-state index contributed by atoms with van der Waals surface area (Å²) in [6, 6.07) is 15.3. The molecule has 0 aliphatic carbocycles. The summed E-state index contributed by atoms with van der Waals surface area (Å²) in [6.45, 7) is 3.65. The minimum atomic E-state index is -0.149. The molecule has 1 N–H and O–H groups in total. The Morgan fingerprint density at radius 3 is 2.82 bits per heavy atom. The number of nitrogens with zero attached hydrogens (tertiary/aromatic N) is 3. The van der Waals surface area contributed by atoms with Gasteiger partial charge in [-0.25, -0.2) is 9.97 Å². The number of nitrogens with one attached hydrogen (secondary N) is 1. The third kappa shape index (κ3) is 3.71. The number of aryl methyl sites for hydroxylation is 1. The lowest BCUT2D eigenvalue weighted by molar-refractivity contribution is -0.127. The predicted octanol–water partition coefficient (Wildman–Crippen LogP) is 2.96. The molecular weight excluding hydrogens is 352 g/mol. The molecule has 0 atom stereocenters. The molecule has 1 aliphatic rings. The third-order valence-corrected chi connectivity index (χ3v) is 4.95. The first-order valence-corrected chi connectivity index (χ1v) is 9.51. The van der Waals surface area contributed by atoms with Crippen molar-refractivity contribution in [3.8, 4) is 11.3 Å². The second-order valence-electron chi connectivity index (χ2n) is 6.96. The molecule has 2 aromatic carbocycles. The zero-order chi connectivity index (χ0) is 19.5. The van der Waals surface area contributed by atoms with E-state index in [0.717, 1.165) is 35.1 Å². The molecule has 2 amide bonds. The highest BCUT2D eigenvalue weighted by Crippen LogP contribution is 2.26. The molecule has 2 heterocycles. The number of aromatic nitrogens is 2. The normalized spacial score (nSPS) is 13.9. The molecule has 6 heteroatoms. The SMILES string of the molecule is Cc1nc(-c2cccc(C(=O)NCCN3CCCC3=O)c2)c2ccccc2n1. The van der Waals surface area contributed by atoms with Crippen molar-refractivity contribution in [3.05, 3.63) is 59.9 Å². The highest BCUT2D eigenvalue weighted by Gasteiger charge is 2.19. The number of carbonyl (C=O) groups excluding carboxylic acids is 2. The molecule has 4 rings (SSSR count). The van der Waals surface area contributed by atoms with E-state index in [4.69, 9.17) is 0 Å². The second kappa shape index (κ2) is 7.76. The van der Waals surface area contributed by atoms with E-state index in [2.05, 4.69) is 15.3 Å². The van der Waals surface area contributed by atoms with Gasteiger partial charge in [0, 0.05) is 42.6 Å². The van der Waals surface area contributed by atoms with Gasteiger partial charge in [-0.1, -0.05) is 30.3 Å². The van der Waals surface area contributed by atoms with Crippen molar-refractivity contribution in [3.63, 3.8) is 0 Å². The molecule has 0 spiro atoms. The fraction of sp³-hybridized carbons (Fsp3) is 0.273. The van der Waals surface area contributed by atoms with Crippen LogP contribution in [0.2, 0.25) is 0 Å². The summed E-state index contributed by atoms with van der Waals surface area (Å²) in [4.78, 5) is 35.1. The van der Waals surface area contributed by atoms with Crippen LogP contribution in [0.25, 0.3) is 22.2 Å². The van der Waals surface area contributed by atoms with Crippen LogP contribution in [0.3, 0.4) is 0 Å². The van der Waals surface area contributed by atoms with Crippen LogP contribution in [0.15, 0.2) is 48.5 Å². The molecule has 0 saturated carbocycles. The Kier molecular flexibility index (Phi) is 5.02. The first-order chi connectivity index (χ1) is 13.6. The van der Waals surface area contributed by atoms with Gasteiger partial charge in [0.25, 0.3) is 5.91 Å². The first-order valence-electron chi connectivity index (χ1n) is 9.51. The molecule has 0 unspecified atom stereocenters. The van der Waals surface area contributed by atoms with Gasteiger partial charge in [-0.05, 0) is 31.5 Å². The van der Waals surface area contributed by atoms with E-state index in [-0.39, 0.29) is 11.8 Å². The van der Waals surface area contributed by atoms with E-state index in [0.29, 0.717) is 30.9 Å². The van der Waals surface area contributed by atoms with Gasteiger partial charge in [0.2, 0.25) is 5.91 Å². The number of para-hydroxylation sites is 1. The molecule has 1 saturated heterocycles. The van der Waals surface area contributed by atoms with Gasteiger partial charge in [-0.3, -0.25) is 9.59 Å². The summed E-state index contributed by atoms with van der Waals surface area (Å²) < 4.78 is 0. The Hall–Kier alpha value is -3.28. The maximum atomic E-state index is 12.6. The van der Waals surface area contributed by atoms with Gasteiger partial charge in [-0.2, -0.15) is 0 Å². The topological polar surface area (TPSA) is 75.2 Å². The van der Waals surface area contributed by atoms with E-state index in [1.54, 1.807) is 11.0 Å². The molecular formula is C22H22N4O2. The van der Waals surface area contributed by atoms with Crippen molar-refractivity contribution in [1.82, 2.24) is 20.2 Å². The van der Waals surface area contributed by atoms with Crippen LogP contribution in [0.1, 0.15) is 29.0 Å². The Labute approximate surface area is 163 Å². The summed E-state index contributed by atoms with van der Waals surface area (Å²) >= 11 is 0. The quantitative estimate of drug-likeness (QED) is 0.745. The van der Waals surface area contributed by atoms with Crippen LogP contribution in [0, 0.1) is 6.92 Å². The van der Waals surface area contributed by atoms with Crippen molar-refractivity contribution >= 4 is 22.7 Å². The smallest absolute Gasteiger partial charge is 0.251 e. The fourth-order valence-electron chi connectivity index (χ4n) is 3.57. The van der Waals surface area contributed by atoms with Crippen LogP contribution in [0.5, 0.6) is 0 Å². The van der Waals surface area contributed by atoms with Crippen molar-refractivity contribution in [1.29, 1.82) is 0 Å². The minimum absolute atomic E-state index is 0.149. The monoisotopic (exact) mass is 374 g/mol. The van der Waals surface area contributed by atoms with Crippen LogP contribution in [-0.2, 0) is 4.79 Å². The lowest BCUT2D eigenvalue weighted by Gasteiger charge is -2.15. The number of likely N-dealkylation sites (tertiary alicyclic amines) is 1. The average molecular weight is 374 g/mol. The van der Waals surface area contributed by atoms with Gasteiger partial charge in [0.15, 0.2) is 0 Å². The molecule has 0 radical (unpaired) electrons. The number of benzene rings is 2. The standard InChI is InChI=1S/C22H22N4O2/c1-15-24-19-9-3-2-8-18(19)21(25-15)16-6-4-7-17(14-16)22(28)23-11-13-26-12-5-10-20(26)27/h2-4,6-9,14H,5,10-13H2,1H3,(H,23,28). The van der Waals surface area contributed by atoms with Crippen molar-refractivity contribution in [2.24, 2.45) is 0 Å². The van der Waals surface area contributed by atoms with Crippen molar-refractivity contribution in [2.45, 2.75) is 19.8 Å². The molecule has 1 aliphatic heterocycles. The van der Waals surface area contributed by atoms with Gasteiger partial charge in [-0.15, -0.1) is 0 Å². The number of carbonyl (C=O) groups is 2. The molecule has 1 aromatic heterocycles. The Morgan fingerprint density at radius 1 is 1.14 bits per heavy atom. The van der Waals surface area contributed by atoms with Gasteiger partial charge >= 0.3 is 0 Å². The molecule has 0 bridgehead atoms. The van der Waals surface area contributed by atoms with Crippen LogP contribution in [-0.4, -0.2) is 46.3 Å². The average Bonchev–Trinajstić information content (AvgIpc) is 3.12. The van der Waals surface area contributed by atoms with Crippen LogP contribution >= 0.6 is 0 Å². The summed E-state index contributed by atoms with van der Waals surface area (Å²) in [6.07, 6.45) is 1.52. The number of hydrogen-bond donors (Lipinski definition) is 1. The molecule has 3 aromatic rings. The summed E-state index contributed by atoms with van der Waals surface area (Å²) in [5.74, 6) is 0.713. The molecule has 28 heavy (non-hydrogen) atoms. The Bertz CT molecular complexity index is 1050. The Balaban J connectivity index is 1.53. The maximum absolute atomic E-state index is 12.6. The fourth-order valence-corrected chi connectivity index (χ4v) is 3.57. The Morgan fingerprint density at radius 2 is 2.00 bits per heavy atom. The predicted molar refractivity (Wildman–Crippen MR) is 108 cm³/mol. The molecule has 6 nitrogen and oxygen atoms in total. The lowest BCUT2D eigenvalue weighted by atomic mass is 10.0. The van der Waals surface area contributed by atoms with E-state index in [1.807, 2.05) is 49.4 Å². The first kappa shape index (κ1) is 18.1. The highest BCUT2D eigenvalue weighted by atomic mass is 16.2. The lowest BCUT2D eigenvalue weighted by Crippen LogP contribution is -2.35. The number of rotatable bonds is 5. The van der Waals surface area contributed by atoms with Crippen molar-refractivity contribution in [2.75, 3.05) is 19.6 Å². The van der Waals surface area contributed by atoms with Crippen LogP contribution in [0.4, 0.5) is 0 Å². The number of amides is 2. The van der Waals surface area contributed by atoms with E-state index in [9.17, 15) is 9.59 Å². The van der Waals surface area contributed by atoms with E-state index < -0.39 is 0 Å². The number of fused-ring (bicyclic) bond motifs is 1. The second-order valence-corrected chi connectivity index (χ2v) is 6.96. The zero-order valence-corrected chi connectivity index (χ0v) is 15.8. The van der Waals surface area contributed by atoms with Crippen molar-refractivity contribution < 1.29 is 9.59 Å². The van der Waals surface area contributed by atoms with E-state index in [1.165, 1.54) is 0 Å². The van der Waals surface area contributed by atoms with Gasteiger partial charge in [0.1, 0.15) is 5.82 Å². The summed E-state index contributed by atoms with van der Waals surface area (Å²) in [7, 11) is 0. The number of hydrogen-bond acceptors (Lipinski definition) is 4. The van der Waals surface area contributed by atoms with Crippen LogP contribution < -0.4 is 5.32 Å². The van der Waals surface area contributed by atoms with Gasteiger partial charge in [0.05, 0.1) is 11.2 Å². The maximum Gasteiger partial charge on any atom is 0.251 e.